The molecule has 0 saturated carbocycles. The molecule has 0 radical (unpaired) electrons. The van der Waals surface area contributed by atoms with Crippen molar-refractivity contribution in [1.29, 1.82) is 5.26 Å². The minimum absolute atomic E-state index is 0.727. The van der Waals surface area contributed by atoms with E-state index in [0.717, 1.165) is 23.0 Å². The van der Waals surface area contributed by atoms with Crippen molar-refractivity contribution in [3.05, 3.63) is 57.8 Å². The van der Waals surface area contributed by atoms with Crippen LogP contribution in [0.15, 0.2) is 46.7 Å². The normalized spacial score (nSPS) is 23.0. The lowest BCUT2D eigenvalue weighted by Crippen LogP contribution is -2.40. The summed E-state index contributed by atoms with van der Waals surface area (Å²) in [6.45, 7) is 11.6. The number of nitrogens with zero attached hydrogens (tertiary/aromatic N) is 3. The molecule has 116 valence electrons. The van der Waals surface area contributed by atoms with E-state index >= 15 is 0 Å². The van der Waals surface area contributed by atoms with Gasteiger partial charge in [0.25, 0.3) is 0 Å². The highest BCUT2D eigenvalue weighted by atomic mass is 15.4. The first-order chi connectivity index (χ1) is 10.9. The van der Waals surface area contributed by atoms with E-state index < -0.39 is 0 Å². The van der Waals surface area contributed by atoms with E-state index in [1.165, 1.54) is 27.9 Å². The van der Waals surface area contributed by atoms with Crippen LogP contribution in [-0.2, 0) is 6.54 Å². The molecule has 1 aliphatic heterocycles. The molecule has 0 bridgehead atoms. The molecule has 2 heterocycles. The summed E-state index contributed by atoms with van der Waals surface area (Å²) < 4.78 is 4.37. The Morgan fingerprint density at radius 3 is 2.43 bits per heavy atom. The van der Waals surface area contributed by atoms with Crippen LogP contribution in [0.4, 0.5) is 0 Å². The maximum Gasteiger partial charge on any atom is 0.205 e. The molecule has 3 nitrogen and oxygen atoms in total. The third-order valence-electron chi connectivity index (χ3n) is 4.97. The van der Waals surface area contributed by atoms with Crippen LogP contribution in [0, 0.1) is 18.3 Å². The number of allylic oxidation sites excluding steroid dienone is 5. The third kappa shape index (κ3) is 2.41. The van der Waals surface area contributed by atoms with Gasteiger partial charge in [0.15, 0.2) is 6.54 Å². The lowest BCUT2D eigenvalue weighted by molar-refractivity contribution is -0.753. The zero-order chi connectivity index (χ0) is 16.7. The predicted molar refractivity (Wildman–Crippen MR) is 93.7 cm³/mol. The summed E-state index contributed by atoms with van der Waals surface area (Å²) in [5.41, 5.74) is 8.21. The van der Waals surface area contributed by atoms with Gasteiger partial charge >= 0.3 is 0 Å². The Morgan fingerprint density at radius 2 is 1.74 bits per heavy atom. The summed E-state index contributed by atoms with van der Waals surface area (Å²) in [7, 11) is 0. The van der Waals surface area contributed by atoms with Crippen molar-refractivity contribution in [1.82, 2.24) is 4.68 Å². The van der Waals surface area contributed by atoms with E-state index in [0.29, 0.717) is 0 Å². The fourth-order valence-electron chi connectivity index (χ4n) is 3.12. The quantitative estimate of drug-likeness (QED) is 0.669. The molecule has 0 aliphatic carbocycles. The smallest absolute Gasteiger partial charge is 0.192 e. The number of aromatic nitrogens is 2. The molecule has 0 N–H and O–H groups in total. The number of nitriles is 1. The van der Waals surface area contributed by atoms with Crippen LogP contribution < -0.4 is 4.68 Å². The summed E-state index contributed by atoms with van der Waals surface area (Å²) in [4.78, 5) is 0. The molecule has 0 amide bonds. The van der Waals surface area contributed by atoms with Crippen LogP contribution >= 0.6 is 0 Å². The number of hydrogen-bond acceptors (Lipinski definition) is 1. The Hall–Kier alpha value is -2.60. The lowest BCUT2D eigenvalue weighted by Gasteiger charge is -2.07. The van der Waals surface area contributed by atoms with Crippen LogP contribution in [0.1, 0.15) is 38.8 Å². The first kappa shape index (κ1) is 15.3. The SMILES string of the molecule is CC1=C(C)/C(C)=C/n2c3c(C)ccc(C#N)c3c[n+]2C\C=C\1C. The Morgan fingerprint density at radius 1 is 1.04 bits per heavy atom. The first-order valence-electron chi connectivity index (χ1n) is 7.91. The van der Waals surface area contributed by atoms with Crippen molar-refractivity contribution in [3.63, 3.8) is 0 Å². The molecule has 0 fully saturated rings. The van der Waals surface area contributed by atoms with Gasteiger partial charge in [0.2, 0.25) is 6.20 Å². The standard InChI is InChI=1S/C20H22N3/c1-13-8-9-22-12-19-18(10-21)7-6-14(2)20(19)23(22)11-15(3)17(5)16(13)4/h6-8,11-12H,9H2,1-5H3/q+1/b13-8+,15-11+,17-16-. The minimum atomic E-state index is 0.727. The Balaban J connectivity index is 2.41. The van der Waals surface area contributed by atoms with Gasteiger partial charge < -0.3 is 0 Å². The fourth-order valence-corrected chi connectivity index (χ4v) is 3.12. The predicted octanol–water partition coefficient (Wildman–Crippen LogP) is 4.27. The second-order valence-electron chi connectivity index (χ2n) is 6.35. The number of hydrogen-bond donors (Lipinski definition) is 0. The fraction of sp³-hybridized carbons (Fsp3) is 0.300. The maximum absolute atomic E-state index is 9.41. The summed E-state index contributed by atoms with van der Waals surface area (Å²) in [5.74, 6) is 0. The summed E-state index contributed by atoms with van der Waals surface area (Å²) in [5, 5.41) is 10.4. The highest BCUT2D eigenvalue weighted by Gasteiger charge is 2.20. The number of benzene rings is 1. The summed E-state index contributed by atoms with van der Waals surface area (Å²) in [6.07, 6.45) is 6.52. The second-order valence-corrected chi connectivity index (χ2v) is 6.35. The van der Waals surface area contributed by atoms with Crippen molar-refractivity contribution < 1.29 is 4.68 Å². The van der Waals surface area contributed by atoms with Crippen molar-refractivity contribution in [3.8, 4) is 6.07 Å². The van der Waals surface area contributed by atoms with Gasteiger partial charge in [-0.2, -0.15) is 5.26 Å². The molecule has 1 aliphatic rings. The number of rotatable bonds is 0. The van der Waals surface area contributed by atoms with Crippen LogP contribution in [-0.4, -0.2) is 4.68 Å². The highest BCUT2D eigenvalue weighted by molar-refractivity contribution is 5.87. The largest absolute Gasteiger partial charge is 0.205 e. The van der Waals surface area contributed by atoms with Gasteiger partial charge in [-0.25, -0.2) is 0 Å². The van der Waals surface area contributed by atoms with Gasteiger partial charge in [-0.15, -0.1) is 9.36 Å². The van der Waals surface area contributed by atoms with E-state index in [4.69, 9.17) is 0 Å². The van der Waals surface area contributed by atoms with Gasteiger partial charge in [0, 0.05) is 0 Å². The highest BCUT2D eigenvalue weighted by Crippen LogP contribution is 2.25. The van der Waals surface area contributed by atoms with Crippen molar-refractivity contribution in [2.24, 2.45) is 0 Å². The molecule has 2 aromatic rings. The van der Waals surface area contributed by atoms with E-state index in [-0.39, 0.29) is 0 Å². The average molecular weight is 304 g/mol. The van der Waals surface area contributed by atoms with Crippen LogP contribution in [0.25, 0.3) is 17.1 Å². The number of fused-ring (bicyclic) bond motifs is 3. The zero-order valence-electron chi connectivity index (χ0n) is 14.4. The topological polar surface area (TPSA) is 32.6 Å². The van der Waals surface area contributed by atoms with Gasteiger partial charge in [-0.1, -0.05) is 6.07 Å². The van der Waals surface area contributed by atoms with Gasteiger partial charge in [-0.05, 0) is 74.6 Å². The van der Waals surface area contributed by atoms with Crippen LogP contribution in [0.3, 0.4) is 0 Å². The molecular weight excluding hydrogens is 282 g/mol. The minimum Gasteiger partial charge on any atom is -0.192 e. The van der Waals surface area contributed by atoms with E-state index in [2.05, 4.69) is 68.5 Å². The van der Waals surface area contributed by atoms with Crippen molar-refractivity contribution in [2.45, 2.75) is 41.2 Å². The van der Waals surface area contributed by atoms with E-state index in [9.17, 15) is 5.26 Å². The lowest BCUT2D eigenvalue weighted by atomic mass is 9.99. The Labute approximate surface area is 137 Å². The molecule has 3 heteroatoms. The molecule has 0 saturated heterocycles. The zero-order valence-corrected chi connectivity index (χ0v) is 14.4. The number of aryl methyl sites for hydroxylation is 1. The third-order valence-corrected chi connectivity index (χ3v) is 4.97. The van der Waals surface area contributed by atoms with Crippen molar-refractivity contribution in [2.75, 3.05) is 0 Å². The van der Waals surface area contributed by atoms with E-state index in [1.54, 1.807) is 0 Å². The van der Waals surface area contributed by atoms with Crippen molar-refractivity contribution >= 4 is 17.1 Å². The average Bonchev–Trinajstić information content (AvgIpc) is 2.91. The second kappa shape index (κ2) is 5.55. The van der Waals surface area contributed by atoms with Gasteiger partial charge in [0.05, 0.1) is 17.1 Å². The molecule has 0 spiro atoms. The molecule has 3 rings (SSSR count). The molecule has 0 atom stereocenters. The molecule has 1 aromatic heterocycles. The monoisotopic (exact) mass is 304 g/mol. The van der Waals surface area contributed by atoms with Gasteiger partial charge in [-0.3, -0.25) is 0 Å². The van der Waals surface area contributed by atoms with E-state index in [1.807, 2.05) is 12.1 Å². The molecule has 0 unspecified atom stereocenters. The van der Waals surface area contributed by atoms with Gasteiger partial charge in [0.1, 0.15) is 11.6 Å². The molecule has 1 aromatic carbocycles. The first-order valence-corrected chi connectivity index (χ1v) is 7.91. The maximum atomic E-state index is 9.41. The van der Waals surface area contributed by atoms with Crippen LogP contribution in [0.2, 0.25) is 0 Å². The van der Waals surface area contributed by atoms with Crippen LogP contribution in [0.5, 0.6) is 0 Å². The summed E-state index contributed by atoms with van der Waals surface area (Å²) in [6, 6.07) is 6.25. The Bertz CT molecular complexity index is 943. The Kier molecular flexibility index (Phi) is 3.69. The molecule has 23 heavy (non-hydrogen) atoms. The summed E-state index contributed by atoms with van der Waals surface area (Å²) >= 11 is 0. The molecular formula is C20H22N3+.